The molecule has 0 spiro atoms. The molecule has 1 aromatic heterocycles. The summed E-state index contributed by atoms with van der Waals surface area (Å²) < 4.78 is 10.7. The Labute approximate surface area is 139 Å². The fourth-order valence-electron chi connectivity index (χ4n) is 2.21. The lowest BCUT2D eigenvalue weighted by molar-refractivity contribution is -0.118. The molecule has 0 radical (unpaired) electrons. The van der Waals surface area contributed by atoms with Crippen molar-refractivity contribution in [3.8, 4) is 11.5 Å². The lowest BCUT2D eigenvalue weighted by Crippen LogP contribution is -2.20. The van der Waals surface area contributed by atoms with Crippen molar-refractivity contribution < 1.29 is 19.7 Å². The van der Waals surface area contributed by atoms with Crippen molar-refractivity contribution in [2.75, 3.05) is 19.0 Å². The number of anilines is 1. The van der Waals surface area contributed by atoms with Crippen LogP contribution in [0.1, 0.15) is 0 Å². The number of benzene rings is 2. The maximum absolute atomic E-state index is 12.0. The van der Waals surface area contributed by atoms with Crippen LogP contribution in [-0.2, 0) is 4.79 Å². The zero-order chi connectivity index (χ0) is 16.1. The predicted octanol–water partition coefficient (Wildman–Crippen LogP) is 2.44. The molecule has 0 atom stereocenters. The molecule has 6 nitrogen and oxygen atoms in total. The Morgan fingerprint density at radius 3 is 2.58 bits per heavy atom. The minimum atomic E-state index is -0.233. The summed E-state index contributed by atoms with van der Waals surface area (Å²) in [5.74, 6) is 1.09. The van der Waals surface area contributed by atoms with E-state index >= 15 is 0 Å². The molecule has 3 N–H and O–H groups in total. The van der Waals surface area contributed by atoms with Crippen molar-refractivity contribution >= 4 is 22.5 Å². The number of hydrogen-bond acceptors (Lipinski definition) is 4. The van der Waals surface area contributed by atoms with Gasteiger partial charge in [0.2, 0.25) is 0 Å². The largest absolute Gasteiger partial charge is 0.497 e. The number of rotatable bonds is 5. The Hall–Kier alpha value is -3.12. The van der Waals surface area contributed by atoms with E-state index in [4.69, 9.17) is 9.47 Å². The monoisotopic (exact) mass is 326 g/mol. The second kappa shape index (κ2) is 7.94. The molecule has 0 bridgehead atoms. The number of carbonyl (C=O) groups is 1. The summed E-state index contributed by atoms with van der Waals surface area (Å²) in [5, 5.41) is 3.74. The van der Waals surface area contributed by atoms with Crippen molar-refractivity contribution in [2.24, 2.45) is 0 Å². The minimum Gasteiger partial charge on any atom is -0.497 e. The fraction of sp³-hybridized carbons (Fsp3) is 0.111. The molecule has 3 aromatic rings. The fourth-order valence-corrected chi connectivity index (χ4v) is 2.21. The third kappa shape index (κ3) is 3.99. The van der Waals surface area contributed by atoms with E-state index in [2.05, 4.69) is 10.3 Å². The molecule has 0 aliphatic carbocycles. The number of nitrogens with zero attached hydrogens (tertiary/aromatic N) is 1. The van der Waals surface area contributed by atoms with Gasteiger partial charge in [0.15, 0.2) is 6.61 Å². The summed E-state index contributed by atoms with van der Waals surface area (Å²) in [6, 6.07) is 16.6. The molecule has 6 heteroatoms. The molecule has 124 valence electrons. The van der Waals surface area contributed by atoms with Gasteiger partial charge >= 0.3 is 0 Å². The standard InChI is InChI=1S/C18H16N2O3.H2O/c1-22-15-9-7-14(8-10-15)20-17(21)12-23-16-6-2-4-13-5-3-11-19-18(13)16;/h2-11H,12H2,1H3,(H,20,21);1H2. The van der Waals surface area contributed by atoms with Crippen LogP contribution >= 0.6 is 0 Å². The Morgan fingerprint density at radius 1 is 1.08 bits per heavy atom. The third-order valence-electron chi connectivity index (χ3n) is 3.33. The topological polar surface area (TPSA) is 92.0 Å². The van der Waals surface area contributed by atoms with Gasteiger partial charge in [-0.05, 0) is 36.4 Å². The Bertz CT molecular complexity index is 813. The Morgan fingerprint density at radius 2 is 1.83 bits per heavy atom. The first kappa shape index (κ1) is 17.2. The molecule has 3 rings (SSSR count). The first-order valence-electron chi connectivity index (χ1n) is 7.17. The molecule has 0 fully saturated rings. The van der Waals surface area contributed by atoms with E-state index in [0.717, 1.165) is 16.7 Å². The van der Waals surface area contributed by atoms with Crippen LogP contribution in [0.3, 0.4) is 0 Å². The summed E-state index contributed by atoms with van der Waals surface area (Å²) in [6.07, 6.45) is 1.70. The van der Waals surface area contributed by atoms with Crippen LogP contribution < -0.4 is 14.8 Å². The average Bonchev–Trinajstić information content (AvgIpc) is 2.60. The van der Waals surface area contributed by atoms with E-state index in [9.17, 15) is 4.79 Å². The molecular formula is C18H18N2O4. The molecule has 1 amide bonds. The summed E-state index contributed by atoms with van der Waals surface area (Å²) in [5.41, 5.74) is 1.43. The molecule has 0 saturated carbocycles. The van der Waals surface area contributed by atoms with Gasteiger partial charge in [0.25, 0.3) is 5.91 Å². The zero-order valence-electron chi connectivity index (χ0n) is 13.2. The van der Waals surface area contributed by atoms with E-state index < -0.39 is 0 Å². The van der Waals surface area contributed by atoms with Crippen LogP contribution in [0, 0.1) is 0 Å². The number of methoxy groups -OCH3 is 1. The van der Waals surface area contributed by atoms with Crippen molar-refractivity contribution in [3.05, 3.63) is 60.8 Å². The quantitative estimate of drug-likeness (QED) is 0.779. The van der Waals surface area contributed by atoms with Crippen LogP contribution in [0.4, 0.5) is 5.69 Å². The number of ether oxygens (including phenoxy) is 2. The summed E-state index contributed by atoms with van der Waals surface area (Å²) in [4.78, 5) is 16.3. The van der Waals surface area contributed by atoms with Crippen LogP contribution in [0.2, 0.25) is 0 Å². The summed E-state index contributed by atoms with van der Waals surface area (Å²) in [7, 11) is 1.60. The van der Waals surface area contributed by atoms with Gasteiger partial charge in [-0.2, -0.15) is 0 Å². The highest BCUT2D eigenvalue weighted by Gasteiger charge is 2.07. The molecule has 0 aliphatic rings. The van der Waals surface area contributed by atoms with Gasteiger partial charge in [-0.1, -0.05) is 18.2 Å². The van der Waals surface area contributed by atoms with Crippen molar-refractivity contribution in [1.29, 1.82) is 0 Å². The van der Waals surface area contributed by atoms with Gasteiger partial charge in [0.1, 0.15) is 17.0 Å². The molecular weight excluding hydrogens is 308 g/mol. The van der Waals surface area contributed by atoms with Crippen LogP contribution in [0.5, 0.6) is 11.5 Å². The van der Waals surface area contributed by atoms with Gasteiger partial charge < -0.3 is 20.3 Å². The first-order chi connectivity index (χ1) is 11.3. The molecule has 0 aliphatic heterocycles. The average molecular weight is 326 g/mol. The molecule has 2 aromatic carbocycles. The molecule has 0 saturated heterocycles. The number of para-hydroxylation sites is 1. The van der Waals surface area contributed by atoms with E-state index in [1.54, 1.807) is 43.6 Å². The highest BCUT2D eigenvalue weighted by molar-refractivity contribution is 5.92. The number of nitrogens with one attached hydrogen (secondary N) is 1. The summed E-state index contributed by atoms with van der Waals surface area (Å²) in [6.45, 7) is -0.0816. The maximum Gasteiger partial charge on any atom is 0.262 e. The van der Waals surface area contributed by atoms with Crippen molar-refractivity contribution in [2.45, 2.75) is 0 Å². The highest BCUT2D eigenvalue weighted by Crippen LogP contribution is 2.23. The first-order valence-corrected chi connectivity index (χ1v) is 7.17. The van der Waals surface area contributed by atoms with E-state index in [1.165, 1.54) is 0 Å². The summed E-state index contributed by atoms with van der Waals surface area (Å²) >= 11 is 0. The van der Waals surface area contributed by atoms with E-state index in [1.807, 2.05) is 24.3 Å². The van der Waals surface area contributed by atoms with Crippen LogP contribution in [0.25, 0.3) is 10.9 Å². The molecule has 0 unspecified atom stereocenters. The lowest BCUT2D eigenvalue weighted by Gasteiger charge is -2.09. The lowest BCUT2D eigenvalue weighted by atomic mass is 10.2. The minimum absolute atomic E-state index is 0. The van der Waals surface area contributed by atoms with Crippen LogP contribution in [0.15, 0.2) is 60.8 Å². The Kier molecular flexibility index (Phi) is 5.70. The number of pyridine rings is 1. The Balaban J connectivity index is 0.00000208. The maximum atomic E-state index is 12.0. The number of aromatic nitrogens is 1. The highest BCUT2D eigenvalue weighted by atomic mass is 16.5. The van der Waals surface area contributed by atoms with Crippen molar-refractivity contribution in [3.63, 3.8) is 0 Å². The SMILES string of the molecule is COc1ccc(NC(=O)COc2cccc3cccnc23)cc1.O. The number of amides is 1. The van der Waals surface area contributed by atoms with Gasteiger partial charge in [0, 0.05) is 17.3 Å². The van der Waals surface area contributed by atoms with Gasteiger partial charge in [-0.25, -0.2) is 0 Å². The van der Waals surface area contributed by atoms with E-state index in [0.29, 0.717) is 11.4 Å². The van der Waals surface area contributed by atoms with Gasteiger partial charge in [-0.3, -0.25) is 9.78 Å². The number of fused-ring (bicyclic) bond motifs is 1. The normalized spacial score (nSPS) is 9.88. The number of carbonyl (C=O) groups excluding carboxylic acids is 1. The van der Waals surface area contributed by atoms with Gasteiger partial charge in [0.05, 0.1) is 7.11 Å². The number of hydrogen-bond donors (Lipinski definition) is 1. The smallest absolute Gasteiger partial charge is 0.262 e. The molecule has 24 heavy (non-hydrogen) atoms. The van der Waals surface area contributed by atoms with Crippen molar-refractivity contribution in [1.82, 2.24) is 4.98 Å². The second-order valence-electron chi connectivity index (χ2n) is 4.90. The zero-order valence-corrected chi connectivity index (χ0v) is 13.2. The van der Waals surface area contributed by atoms with Crippen LogP contribution in [-0.4, -0.2) is 30.1 Å². The second-order valence-corrected chi connectivity index (χ2v) is 4.90. The molecule has 1 heterocycles. The van der Waals surface area contributed by atoms with E-state index in [-0.39, 0.29) is 18.0 Å². The van der Waals surface area contributed by atoms with Gasteiger partial charge in [-0.15, -0.1) is 0 Å². The predicted molar refractivity (Wildman–Crippen MR) is 92.5 cm³/mol. The third-order valence-corrected chi connectivity index (χ3v) is 3.33.